The number of hydrogen-bond acceptors (Lipinski definition) is 4. The lowest BCUT2D eigenvalue weighted by atomic mass is 9.74. The van der Waals surface area contributed by atoms with Gasteiger partial charge < -0.3 is 9.84 Å². The van der Waals surface area contributed by atoms with Gasteiger partial charge in [-0.25, -0.2) is 9.59 Å². The zero-order chi connectivity index (χ0) is 14.4. The second kappa shape index (κ2) is 4.51. The average Bonchev–Trinajstić information content (AvgIpc) is 2.25. The van der Waals surface area contributed by atoms with Crippen molar-refractivity contribution < 1.29 is 24.2 Å². The van der Waals surface area contributed by atoms with Gasteiger partial charge in [-0.2, -0.15) is 0 Å². The molecule has 3 aliphatic rings. The van der Waals surface area contributed by atoms with E-state index in [2.05, 4.69) is 0 Å². The van der Waals surface area contributed by atoms with Gasteiger partial charge in [-0.05, 0) is 39.5 Å². The molecule has 3 atom stereocenters. The van der Waals surface area contributed by atoms with Crippen LogP contribution in [0.2, 0.25) is 0 Å². The average molecular weight is 269 g/mol. The number of rotatable bonds is 1. The topological polar surface area (TPSA) is 83.9 Å². The molecule has 3 rings (SSSR count). The number of fused-ring (bicyclic) bond motifs is 3. The first-order chi connectivity index (χ1) is 8.70. The van der Waals surface area contributed by atoms with Crippen LogP contribution in [-0.2, 0) is 14.3 Å². The Kier molecular flexibility index (Phi) is 3.28. The monoisotopic (exact) mass is 269 g/mol. The molecule has 1 N–H and O–H groups in total. The van der Waals surface area contributed by atoms with Crippen molar-refractivity contribution in [3.05, 3.63) is 0 Å². The number of carboxylic acid groups (broad SMARTS) is 1. The summed E-state index contributed by atoms with van der Waals surface area (Å²) in [5.41, 5.74) is -0.708. The number of carboxylic acids is 1. The summed E-state index contributed by atoms with van der Waals surface area (Å²) in [4.78, 5) is 36.5. The minimum absolute atomic E-state index is 0.0559. The van der Waals surface area contributed by atoms with Crippen LogP contribution in [0.15, 0.2) is 0 Å². The summed E-state index contributed by atoms with van der Waals surface area (Å²) in [5, 5.41) is 9.30. The van der Waals surface area contributed by atoms with Gasteiger partial charge in [-0.3, -0.25) is 9.69 Å². The number of nitrogens with zero attached hydrogens (tertiary/aromatic N) is 1. The van der Waals surface area contributed by atoms with E-state index in [1.54, 1.807) is 20.8 Å². The molecule has 6 nitrogen and oxygen atoms in total. The van der Waals surface area contributed by atoms with Crippen LogP contribution in [-0.4, -0.2) is 45.5 Å². The Morgan fingerprint density at radius 1 is 1.32 bits per heavy atom. The number of piperidine rings is 2. The third kappa shape index (κ3) is 2.57. The summed E-state index contributed by atoms with van der Waals surface area (Å²) < 4.78 is 5.23. The van der Waals surface area contributed by atoms with E-state index < -0.39 is 29.7 Å². The minimum Gasteiger partial charge on any atom is -0.480 e. The number of ether oxygens (including phenoxy) is 1. The van der Waals surface area contributed by atoms with Crippen LogP contribution in [0.4, 0.5) is 4.79 Å². The van der Waals surface area contributed by atoms with Gasteiger partial charge in [-0.15, -0.1) is 0 Å². The number of ketones is 1. The van der Waals surface area contributed by atoms with Gasteiger partial charge in [-0.1, -0.05) is 0 Å². The van der Waals surface area contributed by atoms with Gasteiger partial charge in [0.05, 0.1) is 6.04 Å². The van der Waals surface area contributed by atoms with Crippen LogP contribution >= 0.6 is 0 Å². The van der Waals surface area contributed by atoms with E-state index in [1.165, 1.54) is 0 Å². The maximum absolute atomic E-state index is 12.2. The molecule has 1 amide bonds. The Hall–Kier alpha value is -1.59. The summed E-state index contributed by atoms with van der Waals surface area (Å²) in [6.45, 7) is 5.14. The summed E-state index contributed by atoms with van der Waals surface area (Å²) in [7, 11) is 0. The largest absolute Gasteiger partial charge is 0.480 e. The van der Waals surface area contributed by atoms with Crippen molar-refractivity contribution in [1.82, 2.24) is 4.90 Å². The molecule has 2 bridgehead atoms. The van der Waals surface area contributed by atoms with Gasteiger partial charge in [0.25, 0.3) is 0 Å². The Labute approximate surface area is 111 Å². The molecular weight excluding hydrogens is 250 g/mol. The highest BCUT2D eigenvalue weighted by atomic mass is 16.6. The molecule has 0 radical (unpaired) electrons. The Balaban J connectivity index is 2.26. The maximum atomic E-state index is 12.2. The summed E-state index contributed by atoms with van der Waals surface area (Å²) in [6.07, 6.45) is 0.753. The predicted octanol–water partition coefficient (Wildman–Crippen LogP) is 1.43. The van der Waals surface area contributed by atoms with E-state index in [0.717, 1.165) is 4.90 Å². The van der Waals surface area contributed by atoms with E-state index in [-0.39, 0.29) is 18.1 Å². The lowest BCUT2D eigenvalue weighted by Crippen LogP contribution is -2.64. The highest BCUT2D eigenvalue weighted by molar-refractivity contribution is 5.93. The van der Waals surface area contributed by atoms with Crippen LogP contribution in [0.25, 0.3) is 0 Å². The van der Waals surface area contributed by atoms with Gasteiger partial charge in [0.1, 0.15) is 11.6 Å². The predicted molar refractivity (Wildman–Crippen MR) is 65.6 cm³/mol. The van der Waals surface area contributed by atoms with Crippen LogP contribution in [0.5, 0.6) is 0 Å². The third-order valence-corrected chi connectivity index (χ3v) is 3.59. The summed E-state index contributed by atoms with van der Waals surface area (Å²) >= 11 is 0. The van der Waals surface area contributed by atoms with E-state index in [0.29, 0.717) is 12.8 Å². The van der Waals surface area contributed by atoms with Crippen molar-refractivity contribution in [2.75, 3.05) is 0 Å². The molecule has 19 heavy (non-hydrogen) atoms. The lowest BCUT2D eigenvalue weighted by Gasteiger charge is -2.48. The molecule has 6 heteroatoms. The molecule has 1 aliphatic carbocycles. The molecule has 2 heterocycles. The Morgan fingerprint density at radius 2 is 1.95 bits per heavy atom. The molecular formula is C13H19NO5. The molecule has 0 spiro atoms. The third-order valence-electron chi connectivity index (χ3n) is 3.59. The van der Waals surface area contributed by atoms with E-state index in [1.807, 2.05) is 0 Å². The normalized spacial score (nSPS) is 30.4. The molecule has 1 saturated carbocycles. The van der Waals surface area contributed by atoms with E-state index in [4.69, 9.17) is 4.74 Å². The van der Waals surface area contributed by atoms with Gasteiger partial charge in [0.15, 0.2) is 5.78 Å². The van der Waals surface area contributed by atoms with Crippen molar-refractivity contribution in [2.45, 2.75) is 57.7 Å². The van der Waals surface area contributed by atoms with Crippen LogP contribution < -0.4 is 0 Å². The number of aliphatic carboxylic acids is 1. The molecule has 0 aromatic heterocycles. The SMILES string of the molecule is CC(C)(C)OC(=O)N1[C@@H]2CC[C@@H](CC2=O)[C@H]1C(=O)O. The molecule has 0 aromatic carbocycles. The summed E-state index contributed by atoms with van der Waals surface area (Å²) in [5.74, 6) is -1.41. The Bertz CT molecular complexity index is 425. The standard InChI is InChI=1S/C13H19NO5/c1-13(2,3)19-12(18)14-8-5-4-7(6-9(8)15)10(14)11(16)17/h7-8,10H,4-6H2,1-3H3,(H,16,17)/t7-,8+,10-/m0/s1. The van der Waals surface area contributed by atoms with Crippen molar-refractivity contribution in [1.29, 1.82) is 0 Å². The highest BCUT2D eigenvalue weighted by Gasteiger charge is 2.52. The molecule has 0 unspecified atom stereocenters. The van der Waals surface area contributed by atoms with Gasteiger partial charge in [0.2, 0.25) is 0 Å². The maximum Gasteiger partial charge on any atom is 0.411 e. The summed E-state index contributed by atoms with van der Waals surface area (Å²) in [6, 6.07) is -1.58. The smallest absolute Gasteiger partial charge is 0.411 e. The van der Waals surface area contributed by atoms with Crippen LogP contribution in [0.3, 0.4) is 0 Å². The van der Waals surface area contributed by atoms with E-state index >= 15 is 0 Å². The first-order valence-electron chi connectivity index (χ1n) is 6.47. The first kappa shape index (κ1) is 13.8. The van der Waals surface area contributed by atoms with Crippen molar-refractivity contribution in [3.8, 4) is 0 Å². The highest BCUT2D eigenvalue weighted by Crippen LogP contribution is 2.38. The zero-order valence-electron chi connectivity index (χ0n) is 11.4. The van der Waals surface area contributed by atoms with Crippen molar-refractivity contribution in [3.63, 3.8) is 0 Å². The van der Waals surface area contributed by atoms with Crippen molar-refractivity contribution in [2.24, 2.45) is 5.92 Å². The quantitative estimate of drug-likeness (QED) is 0.778. The minimum atomic E-state index is -1.06. The number of Topliss-reactive ketones (excluding diaryl/α,β-unsaturated/α-hetero) is 1. The zero-order valence-corrected chi connectivity index (χ0v) is 11.4. The molecule has 0 aromatic rings. The van der Waals surface area contributed by atoms with Gasteiger partial charge >= 0.3 is 12.1 Å². The second-order valence-corrected chi connectivity index (χ2v) is 6.19. The number of carbonyl (C=O) groups excluding carboxylic acids is 2. The molecule has 2 aliphatic heterocycles. The fourth-order valence-electron chi connectivity index (χ4n) is 2.89. The second-order valence-electron chi connectivity index (χ2n) is 6.19. The number of carbonyl (C=O) groups is 3. The van der Waals surface area contributed by atoms with E-state index in [9.17, 15) is 19.5 Å². The molecule has 2 saturated heterocycles. The van der Waals surface area contributed by atoms with Crippen LogP contribution in [0.1, 0.15) is 40.0 Å². The fraction of sp³-hybridized carbons (Fsp3) is 0.769. The molecule has 3 fully saturated rings. The Morgan fingerprint density at radius 3 is 2.42 bits per heavy atom. The number of hydrogen-bond donors (Lipinski definition) is 1. The van der Waals surface area contributed by atoms with Crippen LogP contribution in [0, 0.1) is 5.92 Å². The lowest BCUT2D eigenvalue weighted by molar-refractivity contribution is -0.156. The number of amides is 1. The van der Waals surface area contributed by atoms with Crippen molar-refractivity contribution >= 4 is 17.8 Å². The fourth-order valence-corrected chi connectivity index (χ4v) is 2.89. The molecule has 106 valence electrons. The van der Waals surface area contributed by atoms with Gasteiger partial charge in [0, 0.05) is 6.42 Å². The first-order valence-corrected chi connectivity index (χ1v) is 6.47.